The second kappa shape index (κ2) is 4.73. The zero-order valence-corrected chi connectivity index (χ0v) is 12.0. The molecule has 3 nitrogen and oxygen atoms in total. The molecular weight excluding hydrogens is 246 g/mol. The standard InChI is InChI=1S/C14H18ClN3/c1-10-13(18(4)14(2,3)9-15)17-12-8-6-5-7-11(12)16-10/h5-8H,9H2,1-4H3. The van der Waals surface area contributed by atoms with E-state index in [2.05, 4.69) is 23.7 Å². The topological polar surface area (TPSA) is 29.0 Å². The Morgan fingerprint density at radius 1 is 1.17 bits per heavy atom. The van der Waals surface area contributed by atoms with E-state index >= 15 is 0 Å². The Kier molecular flexibility index (Phi) is 3.44. The third kappa shape index (κ3) is 2.27. The number of nitrogens with zero attached hydrogens (tertiary/aromatic N) is 3. The number of para-hydroxylation sites is 2. The lowest BCUT2D eigenvalue weighted by Gasteiger charge is -2.35. The first kappa shape index (κ1) is 13.1. The molecule has 0 aliphatic carbocycles. The van der Waals surface area contributed by atoms with Gasteiger partial charge in [-0.25, -0.2) is 9.97 Å². The van der Waals surface area contributed by atoms with Crippen LogP contribution in [0, 0.1) is 6.92 Å². The van der Waals surface area contributed by atoms with Crippen molar-refractivity contribution in [1.29, 1.82) is 0 Å². The lowest BCUT2D eigenvalue weighted by Crippen LogP contribution is -2.43. The van der Waals surface area contributed by atoms with Gasteiger partial charge in [-0.3, -0.25) is 0 Å². The molecule has 18 heavy (non-hydrogen) atoms. The Balaban J connectivity index is 2.54. The van der Waals surface area contributed by atoms with Crippen molar-refractivity contribution in [2.24, 2.45) is 0 Å². The molecule has 0 radical (unpaired) electrons. The van der Waals surface area contributed by atoms with E-state index in [1.165, 1.54) is 0 Å². The molecule has 0 fully saturated rings. The summed E-state index contributed by atoms with van der Waals surface area (Å²) in [6.07, 6.45) is 0. The van der Waals surface area contributed by atoms with Crippen molar-refractivity contribution >= 4 is 28.5 Å². The van der Waals surface area contributed by atoms with Gasteiger partial charge in [0.1, 0.15) is 0 Å². The van der Waals surface area contributed by atoms with Gasteiger partial charge in [0.25, 0.3) is 0 Å². The summed E-state index contributed by atoms with van der Waals surface area (Å²) in [5.41, 5.74) is 2.62. The van der Waals surface area contributed by atoms with E-state index in [9.17, 15) is 0 Å². The fourth-order valence-corrected chi connectivity index (χ4v) is 1.95. The minimum Gasteiger partial charge on any atom is -0.352 e. The second-order valence-corrected chi connectivity index (χ2v) is 5.39. The number of halogens is 1. The lowest BCUT2D eigenvalue weighted by molar-refractivity contribution is 0.539. The lowest BCUT2D eigenvalue weighted by atomic mass is 10.1. The summed E-state index contributed by atoms with van der Waals surface area (Å²) < 4.78 is 0. The van der Waals surface area contributed by atoms with Gasteiger partial charge in [0.2, 0.25) is 0 Å². The van der Waals surface area contributed by atoms with E-state index < -0.39 is 0 Å². The number of alkyl halides is 1. The first-order chi connectivity index (χ1) is 8.45. The molecule has 0 saturated heterocycles. The highest BCUT2D eigenvalue weighted by molar-refractivity contribution is 6.18. The van der Waals surface area contributed by atoms with Crippen molar-refractivity contribution in [3.05, 3.63) is 30.0 Å². The smallest absolute Gasteiger partial charge is 0.151 e. The normalized spacial score (nSPS) is 11.8. The number of hydrogen-bond acceptors (Lipinski definition) is 3. The van der Waals surface area contributed by atoms with E-state index in [0.717, 1.165) is 22.5 Å². The summed E-state index contributed by atoms with van der Waals surface area (Å²) in [5, 5.41) is 0. The van der Waals surface area contributed by atoms with Gasteiger partial charge in [-0.1, -0.05) is 12.1 Å². The maximum atomic E-state index is 6.02. The molecule has 0 N–H and O–H groups in total. The molecule has 2 aromatic rings. The minimum atomic E-state index is -0.149. The van der Waals surface area contributed by atoms with Crippen LogP contribution < -0.4 is 4.90 Å². The van der Waals surface area contributed by atoms with Crippen LogP contribution in [-0.2, 0) is 0 Å². The summed E-state index contributed by atoms with van der Waals surface area (Å²) in [7, 11) is 2.01. The first-order valence-corrected chi connectivity index (χ1v) is 6.52. The van der Waals surface area contributed by atoms with Crippen LogP contribution in [0.15, 0.2) is 24.3 Å². The molecule has 1 aromatic carbocycles. The summed E-state index contributed by atoms with van der Waals surface area (Å²) >= 11 is 6.02. The summed E-state index contributed by atoms with van der Waals surface area (Å²) in [6, 6.07) is 7.91. The third-order valence-electron chi connectivity index (χ3n) is 3.27. The van der Waals surface area contributed by atoms with Gasteiger partial charge in [-0.2, -0.15) is 0 Å². The van der Waals surface area contributed by atoms with Gasteiger partial charge in [0.15, 0.2) is 5.82 Å². The van der Waals surface area contributed by atoms with Gasteiger partial charge in [0, 0.05) is 18.5 Å². The van der Waals surface area contributed by atoms with E-state index in [1.54, 1.807) is 0 Å². The molecule has 0 bridgehead atoms. The average molecular weight is 264 g/mol. The van der Waals surface area contributed by atoms with Crippen LogP contribution in [0.3, 0.4) is 0 Å². The summed E-state index contributed by atoms with van der Waals surface area (Å²) in [5.74, 6) is 1.43. The van der Waals surface area contributed by atoms with E-state index in [-0.39, 0.29) is 5.54 Å². The Labute approximate surface area is 113 Å². The minimum absolute atomic E-state index is 0.149. The van der Waals surface area contributed by atoms with Crippen LogP contribution in [0.25, 0.3) is 11.0 Å². The van der Waals surface area contributed by atoms with Crippen molar-refractivity contribution in [1.82, 2.24) is 9.97 Å². The Hall–Kier alpha value is -1.35. The second-order valence-electron chi connectivity index (χ2n) is 5.13. The zero-order chi connectivity index (χ0) is 13.3. The molecule has 0 unspecified atom stereocenters. The Bertz CT molecular complexity index is 566. The monoisotopic (exact) mass is 263 g/mol. The van der Waals surface area contributed by atoms with Crippen molar-refractivity contribution in [2.45, 2.75) is 26.3 Å². The van der Waals surface area contributed by atoms with E-state index in [1.807, 2.05) is 38.2 Å². The van der Waals surface area contributed by atoms with Gasteiger partial charge < -0.3 is 4.90 Å². The number of hydrogen-bond donors (Lipinski definition) is 0. The van der Waals surface area contributed by atoms with Crippen molar-refractivity contribution < 1.29 is 0 Å². The molecule has 0 atom stereocenters. The van der Waals surface area contributed by atoms with Gasteiger partial charge in [-0.15, -0.1) is 11.6 Å². The fraction of sp³-hybridized carbons (Fsp3) is 0.429. The molecule has 4 heteroatoms. The largest absolute Gasteiger partial charge is 0.352 e. The molecule has 0 spiro atoms. The van der Waals surface area contributed by atoms with Crippen molar-refractivity contribution in [3.63, 3.8) is 0 Å². The van der Waals surface area contributed by atoms with Crippen LogP contribution in [-0.4, -0.2) is 28.4 Å². The highest BCUT2D eigenvalue weighted by Crippen LogP contribution is 2.25. The molecule has 0 saturated carbocycles. The number of benzene rings is 1. The molecule has 96 valence electrons. The van der Waals surface area contributed by atoms with Crippen LogP contribution in [0.2, 0.25) is 0 Å². The van der Waals surface area contributed by atoms with Crippen LogP contribution in [0.1, 0.15) is 19.5 Å². The maximum Gasteiger partial charge on any atom is 0.151 e. The number of rotatable bonds is 3. The number of aromatic nitrogens is 2. The van der Waals surface area contributed by atoms with Crippen LogP contribution in [0.4, 0.5) is 5.82 Å². The van der Waals surface area contributed by atoms with Crippen LogP contribution in [0.5, 0.6) is 0 Å². The summed E-state index contributed by atoms with van der Waals surface area (Å²) in [4.78, 5) is 11.4. The molecule has 2 rings (SSSR count). The third-order valence-corrected chi connectivity index (χ3v) is 3.93. The van der Waals surface area contributed by atoms with Crippen LogP contribution >= 0.6 is 11.6 Å². The molecular formula is C14H18ClN3. The molecule has 0 aliphatic heterocycles. The number of aryl methyl sites for hydroxylation is 1. The highest BCUT2D eigenvalue weighted by Gasteiger charge is 2.25. The van der Waals surface area contributed by atoms with E-state index in [0.29, 0.717) is 5.88 Å². The quantitative estimate of drug-likeness (QED) is 0.795. The van der Waals surface area contributed by atoms with Gasteiger partial charge in [-0.05, 0) is 32.9 Å². The van der Waals surface area contributed by atoms with Crippen molar-refractivity contribution in [2.75, 3.05) is 17.8 Å². The SMILES string of the molecule is Cc1nc2ccccc2nc1N(C)C(C)(C)CCl. The average Bonchev–Trinajstić information content (AvgIpc) is 2.37. The molecule has 0 aliphatic rings. The summed E-state index contributed by atoms with van der Waals surface area (Å²) in [6.45, 7) is 6.17. The molecule has 0 amide bonds. The maximum absolute atomic E-state index is 6.02. The molecule has 1 heterocycles. The molecule has 1 aromatic heterocycles. The number of anilines is 1. The predicted molar refractivity (Wildman–Crippen MR) is 77.5 cm³/mol. The van der Waals surface area contributed by atoms with Crippen molar-refractivity contribution in [3.8, 4) is 0 Å². The first-order valence-electron chi connectivity index (χ1n) is 5.99. The van der Waals surface area contributed by atoms with E-state index in [4.69, 9.17) is 16.6 Å². The van der Waals surface area contributed by atoms with Gasteiger partial charge >= 0.3 is 0 Å². The zero-order valence-electron chi connectivity index (χ0n) is 11.2. The number of fused-ring (bicyclic) bond motifs is 1. The Morgan fingerprint density at radius 2 is 1.72 bits per heavy atom. The Morgan fingerprint density at radius 3 is 2.28 bits per heavy atom. The fourth-order valence-electron chi connectivity index (χ4n) is 1.77. The van der Waals surface area contributed by atoms with Gasteiger partial charge in [0.05, 0.1) is 16.7 Å². The highest BCUT2D eigenvalue weighted by atomic mass is 35.5. The predicted octanol–water partition coefficient (Wildman–Crippen LogP) is 3.39.